The largest absolute Gasteiger partial charge is 0.457 e. The second kappa shape index (κ2) is 21.5. The first-order valence-electron chi connectivity index (χ1n) is 10.4. The van der Waals surface area contributed by atoms with Gasteiger partial charge in [0, 0.05) is 0 Å². The molecule has 0 saturated heterocycles. The van der Waals surface area contributed by atoms with Crippen molar-refractivity contribution in [2.24, 2.45) is 0 Å². The van der Waals surface area contributed by atoms with Gasteiger partial charge in [-0.05, 0) is 6.42 Å². The molecule has 0 amide bonds. The minimum atomic E-state index is 0.544. The maximum Gasteiger partial charge on any atom is 0.417 e. The Morgan fingerprint density at radius 2 is 0.826 bits per heavy atom. The van der Waals surface area contributed by atoms with Gasteiger partial charge in [-0.25, -0.2) is 4.79 Å². The molecule has 0 aromatic heterocycles. The molecule has 0 aliphatic heterocycles. The van der Waals surface area contributed by atoms with Crippen LogP contribution in [0.1, 0.15) is 122 Å². The number of carbonyl (C=O) groups excluding carboxylic acids is 1. The predicted molar refractivity (Wildman–Crippen MR) is 100 cm³/mol. The maximum absolute atomic E-state index is 9.84. The molecule has 0 aromatic rings. The molecule has 0 bridgehead atoms. The lowest BCUT2D eigenvalue weighted by Gasteiger charge is -2.03. The van der Waals surface area contributed by atoms with Crippen molar-refractivity contribution in [1.29, 1.82) is 0 Å². The Kier molecular flexibility index (Phi) is 21.0. The number of ether oxygens (including phenoxy) is 1. The number of unbranched alkanes of at least 4 members (excludes halogenated alkanes) is 17. The van der Waals surface area contributed by atoms with Gasteiger partial charge in [0.2, 0.25) is 0 Å². The van der Waals surface area contributed by atoms with E-state index in [9.17, 15) is 4.79 Å². The average molecular weight is 326 g/mol. The van der Waals surface area contributed by atoms with E-state index in [2.05, 4.69) is 11.7 Å². The highest BCUT2D eigenvalue weighted by Crippen LogP contribution is 2.14. The zero-order valence-corrected chi connectivity index (χ0v) is 15.8. The van der Waals surface area contributed by atoms with E-state index in [1.807, 2.05) is 0 Å². The molecule has 23 heavy (non-hydrogen) atoms. The van der Waals surface area contributed by atoms with Crippen molar-refractivity contribution in [1.82, 2.24) is 0 Å². The molecule has 2 nitrogen and oxygen atoms in total. The van der Waals surface area contributed by atoms with Gasteiger partial charge in [0.25, 0.3) is 0 Å². The number of hydrogen-bond donors (Lipinski definition) is 0. The van der Waals surface area contributed by atoms with Crippen molar-refractivity contribution >= 4 is 6.47 Å². The SMILES string of the molecule is CCCCCCCCCCCCCCCCCCCCO[C]=O. The molecule has 0 fully saturated rings. The van der Waals surface area contributed by atoms with E-state index >= 15 is 0 Å². The Morgan fingerprint density at radius 3 is 1.13 bits per heavy atom. The van der Waals surface area contributed by atoms with Crippen molar-refractivity contribution < 1.29 is 9.53 Å². The third-order valence-electron chi connectivity index (χ3n) is 4.66. The molecule has 0 N–H and O–H groups in total. The molecular weight excluding hydrogens is 284 g/mol. The normalized spacial score (nSPS) is 10.8. The van der Waals surface area contributed by atoms with Crippen molar-refractivity contribution in [2.45, 2.75) is 122 Å². The summed E-state index contributed by atoms with van der Waals surface area (Å²) in [4.78, 5) is 9.84. The molecule has 0 atom stereocenters. The van der Waals surface area contributed by atoms with Crippen LogP contribution in [-0.4, -0.2) is 13.1 Å². The van der Waals surface area contributed by atoms with Crippen molar-refractivity contribution in [3.05, 3.63) is 0 Å². The summed E-state index contributed by atoms with van der Waals surface area (Å²) in [6, 6.07) is 0. The zero-order valence-electron chi connectivity index (χ0n) is 15.8. The standard InChI is InChI=1S/C21H41O2/c1-2-3-4-5-6-7-8-9-10-11-12-13-14-15-16-17-18-19-20-23-21-22/h2-20H2,1H3. The molecule has 0 aromatic carbocycles. The van der Waals surface area contributed by atoms with Crippen LogP contribution in [0.4, 0.5) is 0 Å². The van der Waals surface area contributed by atoms with Crippen LogP contribution < -0.4 is 0 Å². The minimum absolute atomic E-state index is 0.544. The van der Waals surface area contributed by atoms with Crippen LogP contribution in [-0.2, 0) is 9.53 Å². The number of rotatable bonds is 20. The highest BCUT2D eigenvalue weighted by Gasteiger charge is 1.95. The second-order valence-electron chi connectivity index (χ2n) is 6.94. The van der Waals surface area contributed by atoms with E-state index in [4.69, 9.17) is 0 Å². The van der Waals surface area contributed by atoms with E-state index in [1.54, 1.807) is 0 Å². The Bertz CT molecular complexity index is 216. The van der Waals surface area contributed by atoms with Crippen molar-refractivity contribution in [3.8, 4) is 0 Å². The Balaban J connectivity index is 2.93. The van der Waals surface area contributed by atoms with Crippen LogP contribution >= 0.6 is 0 Å². The zero-order chi connectivity index (χ0) is 16.8. The highest BCUT2D eigenvalue weighted by molar-refractivity contribution is 5.37. The van der Waals surface area contributed by atoms with Crippen LogP contribution in [0.2, 0.25) is 0 Å². The fourth-order valence-electron chi connectivity index (χ4n) is 3.12. The fraction of sp³-hybridized carbons (Fsp3) is 0.952. The van der Waals surface area contributed by atoms with Crippen LogP contribution in [0, 0.1) is 0 Å². The van der Waals surface area contributed by atoms with Gasteiger partial charge in [-0.3, -0.25) is 0 Å². The summed E-state index contributed by atoms with van der Waals surface area (Å²) < 4.78 is 4.56. The predicted octanol–water partition coefficient (Wildman–Crippen LogP) is 7.11. The monoisotopic (exact) mass is 325 g/mol. The van der Waals surface area contributed by atoms with Crippen LogP contribution in [0.3, 0.4) is 0 Å². The van der Waals surface area contributed by atoms with E-state index in [0.717, 1.165) is 6.42 Å². The Labute approximate surface area is 145 Å². The Hall–Kier alpha value is -0.530. The van der Waals surface area contributed by atoms with Gasteiger partial charge < -0.3 is 4.74 Å². The molecule has 2 heteroatoms. The summed E-state index contributed by atoms with van der Waals surface area (Å²) in [5.74, 6) is 0. The van der Waals surface area contributed by atoms with E-state index in [-0.39, 0.29) is 0 Å². The third kappa shape index (κ3) is 21.5. The van der Waals surface area contributed by atoms with E-state index < -0.39 is 0 Å². The van der Waals surface area contributed by atoms with E-state index in [1.165, 1.54) is 116 Å². The van der Waals surface area contributed by atoms with E-state index in [0.29, 0.717) is 6.61 Å². The van der Waals surface area contributed by atoms with Crippen LogP contribution in [0.15, 0.2) is 0 Å². The minimum Gasteiger partial charge on any atom is -0.457 e. The van der Waals surface area contributed by atoms with Gasteiger partial charge in [-0.1, -0.05) is 116 Å². The molecule has 1 radical (unpaired) electrons. The summed E-state index contributed by atoms with van der Waals surface area (Å²) in [5, 5.41) is 0. The summed E-state index contributed by atoms with van der Waals surface area (Å²) in [6.45, 7) is 4.30. The Morgan fingerprint density at radius 1 is 0.522 bits per heavy atom. The molecule has 0 heterocycles. The van der Waals surface area contributed by atoms with Crippen LogP contribution in [0.25, 0.3) is 0 Å². The molecule has 0 aliphatic rings. The van der Waals surface area contributed by atoms with Gasteiger partial charge in [-0.15, -0.1) is 0 Å². The molecule has 0 unspecified atom stereocenters. The van der Waals surface area contributed by atoms with Gasteiger partial charge in [-0.2, -0.15) is 0 Å². The third-order valence-corrected chi connectivity index (χ3v) is 4.66. The fourth-order valence-corrected chi connectivity index (χ4v) is 3.12. The quantitative estimate of drug-likeness (QED) is 0.223. The molecular formula is C21H41O2. The lowest BCUT2D eigenvalue weighted by atomic mass is 10.0. The van der Waals surface area contributed by atoms with Crippen molar-refractivity contribution in [3.63, 3.8) is 0 Å². The van der Waals surface area contributed by atoms with Crippen LogP contribution in [0.5, 0.6) is 0 Å². The lowest BCUT2D eigenvalue weighted by Crippen LogP contribution is -1.91. The van der Waals surface area contributed by atoms with Gasteiger partial charge in [0.15, 0.2) is 0 Å². The topological polar surface area (TPSA) is 26.3 Å². The molecule has 0 saturated carbocycles. The number of hydrogen-bond acceptors (Lipinski definition) is 2. The maximum atomic E-state index is 9.84. The first-order valence-corrected chi connectivity index (χ1v) is 10.4. The molecule has 0 rings (SSSR count). The smallest absolute Gasteiger partial charge is 0.417 e. The first kappa shape index (κ1) is 22.5. The highest BCUT2D eigenvalue weighted by atomic mass is 16.5. The van der Waals surface area contributed by atoms with Crippen molar-refractivity contribution in [2.75, 3.05) is 6.61 Å². The van der Waals surface area contributed by atoms with Gasteiger partial charge >= 0.3 is 6.47 Å². The lowest BCUT2D eigenvalue weighted by molar-refractivity contribution is 0.268. The molecule has 0 spiro atoms. The second-order valence-corrected chi connectivity index (χ2v) is 6.94. The summed E-state index contributed by atoms with van der Waals surface area (Å²) >= 11 is 0. The average Bonchev–Trinajstić information content (AvgIpc) is 2.57. The summed E-state index contributed by atoms with van der Waals surface area (Å²) in [6.07, 6.45) is 24.8. The first-order chi connectivity index (χ1) is 11.4. The van der Waals surface area contributed by atoms with Gasteiger partial charge in [0.05, 0.1) is 6.61 Å². The van der Waals surface area contributed by atoms with Gasteiger partial charge in [0.1, 0.15) is 0 Å². The summed E-state index contributed by atoms with van der Waals surface area (Å²) in [5.41, 5.74) is 0. The molecule has 0 aliphatic carbocycles. The summed E-state index contributed by atoms with van der Waals surface area (Å²) in [7, 11) is 0. The molecule has 137 valence electrons.